The normalized spacial score (nSPS) is 10.7. The first-order chi connectivity index (χ1) is 14.2. The number of carbonyl (C=O) groups excluding carboxylic acids is 1. The number of hydrazone groups is 1. The summed E-state index contributed by atoms with van der Waals surface area (Å²) in [4.78, 5) is 12.2. The first-order valence-electron chi connectivity index (χ1n) is 9.50. The molecule has 0 unspecified atom stereocenters. The third-order valence-electron chi connectivity index (χ3n) is 4.27. The summed E-state index contributed by atoms with van der Waals surface area (Å²) in [6.45, 7) is 4.79. The van der Waals surface area contributed by atoms with Gasteiger partial charge in [-0.15, -0.1) is 0 Å². The van der Waals surface area contributed by atoms with Gasteiger partial charge in [-0.3, -0.25) is 4.79 Å². The molecule has 3 aromatic rings. The minimum atomic E-state index is -0.243. The molecule has 0 radical (unpaired) electrons. The van der Waals surface area contributed by atoms with Gasteiger partial charge in [0.2, 0.25) is 0 Å². The second-order valence-corrected chi connectivity index (χ2v) is 6.43. The van der Waals surface area contributed by atoms with Gasteiger partial charge < -0.3 is 9.47 Å². The highest BCUT2D eigenvalue weighted by atomic mass is 16.5. The van der Waals surface area contributed by atoms with Gasteiger partial charge in [-0.25, -0.2) is 5.43 Å². The van der Waals surface area contributed by atoms with Gasteiger partial charge in [0.25, 0.3) is 5.91 Å². The number of hydrogen-bond acceptors (Lipinski definition) is 4. The fraction of sp³-hybridized carbons (Fsp3) is 0.167. The molecule has 148 valence electrons. The number of nitrogens with zero attached hydrogens (tertiary/aromatic N) is 1. The van der Waals surface area contributed by atoms with Crippen molar-refractivity contribution < 1.29 is 14.3 Å². The van der Waals surface area contributed by atoms with Crippen molar-refractivity contribution in [3.05, 3.63) is 95.1 Å². The molecule has 0 fully saturated rings. The zero-order chi connectivity index (χ0) is 20.5. The molecule has 1 amide bonds. The lowest BCUT2D eigenvalue weighted by atomic mass is 10.1. The molecule has 0 spiro atoms. The van der Waals surface area contributed by atoms with Crippen molar-refractivity contribution in [1.82, 2.24) is 5.43 Å². The number of ether oxygens (including phenoxy) is 2. The molecule has 3 aromatic carbocycles. The molecule has 0 aliphatic carbocycles. The van der Waals surface area contributed by atoms with E-state index in [0.717, 1.165) is 16.7 Å². The molecule has 0 bridgehead atoms. The fourth-order valence-corrected chi connectivity index (χ4v) is 2.78. The molecule has 0 aliphatic heterocycles. The topological polar surface area (TPSA) is 59.9 Å². The first-order valence-corrected chi connectivity index (χ1v) is 9.50. The largest absolute Gasteiger partial charge is 0.490 e. The molecular formula is C24H24N2O3. The van der Waals surface area contributed by atoms with Crippen molar-refractivity contribution in [2.45, 2.75) is 20.5 Å². The van der Waals surface area contributed by atoms with Crippen LogP contribution in [0.1, 0.15) is 34.0 Å². The molecule has 5 nitrogen and oxygen atoms in total. The second kappa shape index (κ2) is 10.1. The van der Waals surface area contributed by atoms with E-state index in [-0.39, 0.29) is 5.91 Å². The van der Waals surface area contributed by atoms with Crippen LogP contribution in [0.15, 0.2) is 77.9 Å². The van der Waals surface area contributed by atoms with Crippen molar-refractivity contribution in [2.24, 2.45) is 5.10 Å². The summed E-state index contributed by atoms with van der Waals surface area (Å²) in [5.41, 5.74) is 5.94. The predicted octanol–water partition coefficient (Wildman–Crippen LogP) is 4.74. The molecule has 0 saturated carbocycles. The minimum Gasteiger partial charge on any atom is -0.490 e. The molecular weight excluding hydrogens is 364 g/mol. The van der Waals surface area contributed by atoms with Gasteiger partial charge in [0.1, 0.15) is 6.61 Å². The highest BCUT2D eigenvalue weighted by Crippen LogP contribution is 2.28. The van der Waals surface area contributed by atoms with Crippen LogP contribution < -0.4 is 14.9 Å². The summed E-state index contributed by atoms with van der Waals surface area (Å²) in [6.07, 6.45) is 1.58. The maximum atomic E-state index is 12.2. The van der Waals surface area contributed by atoms with Crippen molar-refractivity contribution in [3.8, 4) is 11.5 Å². The predicted molar refractivity (Wildman–Crippen MR) is 115 cm³/mol. The standard InChI is InChI=1S/C24H24N2O3/c1-3-28-23-15-20(13-14-22(23)29-17-19-10-5-4-6-11-19)16-25-26-24(27)21-12-8-7-9-18(21)2/h4-16H,3,17H2,1-2H3,(H,26,27)/b25-16-. The number of nitrogens with one attached hydrogen (secondary N) is 1. The fourth-order valence-electron chi connectivity index (χ4n) is 2.78. The Labute approximate surface area is 171 Å². The molecule has 29 heavy (non-hydrogen) atoms. The second-order valence-electron chi connectivity index (χ2n) is 6.43. The zero-order valence-corrected chi connectivity index (χ0v) is 16.6. The van der Waals surface area contributed by atoms with Crippen LogP contribution in [0.25, 0.3) is 0 Å². The van der Waals surface area contributed by atoms with E-state index in [4.69, 9.17) is 9.47 Å². The van der Waals surface area contributed by atoms with Gasteiger partial charge in [0, 0.05) is 5.56 Å². The number of amides is 1. The van der Waals surface area contributed by atoms with Crippen LogP contribution in [-0.2, 0) is 6.61 Å². The maximum absolute atomic E-state index is 12.2. The number of aryl methyl sites for hydroxylation is 1. The van der Waals surface area contributed by atoms with E-state index in [1.807, 2.05) is 80.6 Å². The summed E-state index contributed by atoms with van der Waals surface area (Å²) in [5.74, 6) is 1.06. The van der Waals surface area contributed by atoms with Crippen molar-refractivity contribution >= 4 is 12.1 Å². The molecule has 1 N–H and O–H groups in total. The Morgan fingerprint density at radius 2 is 1.72 bits per heavy atom. The summed E-state index contributed by atoms with van der Waals surface area (Å²) < 4.78 is 11.6. The monoisotopic (exact) mass is 388 g/mol. The van der Waals surface area contributed by atoms with Gasteiger partial charge in [0.15, 0.2) is 11.5 Å². The first kappa shape index (κ1) is 20.1. The summed E-state index contributed by atoms with van der Waals surface area (Å²) in [5, 5.41) is 4.06. The highest BCUT2D eigenvalue weighted by molar-refractivity contribution is 5.96. The van der Waals surface area contributed by atoms with E-state index in [0.29, 0.717) is 30.3 Å². The molecule has 5 heteroatoms. The molecule has 0 aliphatic rings. The van der Waals surface area contributed by atoms with Crippen LogP contribution in [0.4, 0.5) is 0 Å². The number of rotatable bonds is 8. The summed E-state index contributed by atoms with van der Waals surface area (Å²) in [6, 6.07) is 22.9. The van der Waals surface area contributed by atoms with Crippen molar-refractivity contribution in [2.75, 3.05) is 6.61 Å². The number of hydrogen-bond donors (Lipinski definition) is 1. The summed E-state index contributed by atoms with van der Waals surface area (Å²) >= 11 is 0. The molecule has 0 heterocycles. The molecule has 3 rings (SSSR count). The zero-order valence-electron chi connectivity index (χ0n) is 16.6. The average Bonchev–Trinajstić information content (AvgIpc) is 2.74. The smallest absolute Gasteiger partial charge is 0.271 e. The Morgan fingerprint density at radius 1 is 0.966 bits per heavy atom. The highest BCUT2D eigenvalue weighted by Gasteiger charge is 2.08. The Morgan fingerprint density at radius 3 is 2.48 bits per heavy atom. The van der Waals surface area contributed by atoms with Gasteiger partial charge in [-0.05, 0) is 54.8 Å². The SMILES string of the molecule is CCOc1cc(/C=N\NC(=O)c2ccccc2C)ccc1OCc1ccccc1. The van der Waals surface area contributed by atoms with E-state index in [9.17, 15) is 4.79 Å². The van der Waals surface area contributed by atoms with Crippen LogP contribution in [-0.4, -0.2) is 18.7 Å². The Bertz CT molecular complexity index is 984. The number of carbonyl (C=O) groups is 1. The van der Waals surface area contributed by atoms with Crippen LogP contribution in [0.2, 0.25) is 0 Å². The molecule has 0 saturated heterocycles. The Balaban J connectivity index is 1.66. The van der Waals surface area contributed by atoms with Crippen molar-refractivity contribution in [3.63, 3.8) is 0 Å². The lowest BCUT2D eigenvalue weighted by molar-refractivity contribution is 0.0954. The third kappa shape index (κ3) is 5.69. The van der Waals surface area contributed by atoms with Gasteiger partial charge in [-0.2, -0.15) is 5.10 Å². The quantitative estimate of drug-likeness (QED) is 0.448. The maximum Gasteiger partial charge on any atom is 0.271 e. The van der Waals surface area contributed by atoms with Crippen LogP contribution in [0, 0.1) is 6.92 Å². The third-order valence-corrected chi connectivity index (χ3v) is 4.27. The van der Waals surface area contributed by atoms with E-state index in [1.54, 1.807) is 12.3 Å². The average molecular weight is 388 g/mol. The van der Waals surface area contributed by atoms with E-state index < -0.39 is 0 Å². The molecule has 0 atom stereocenters. The van der Waals surface area contributed by atoms with Gasteiger partial charge in [0.05, 0.1) is 12.8 Å². The van der Waals surface area contributed by atoms with E-state index >= 15 is 0 Å². The van der Waals surface area contributed by atoms with E-state index in [2.05, 4.69) is 10.5 Å². The van der Waals surface area contributed by atoms with Crippen molar-refractivity contribution in [1.29, 1.82) is 0 Å². The van der Waals surface area contributed by atoms with E-state index in [1.165, 1.54) is 0 Å². The molecule has 0 aromatic heterocycles. The Hall–Kier alpha value is -3.60. The van der Waals surface area contributed by atoms with Crippen LogP contribution in [0.5, 0.6) is 11.5 Å². The van der Waals surface area contributed by atoms with Crippen LogP contribution >= 0.6 is 0 Å². The lowest BCUT2D eigenvalue weighted by Crippen LogP contribution is -2.18. The summed E-state index contributed by atoms with van der Waals surface area (Å²) in [7, 11) is 0. The minimum absolute atomic E-state index is 0.243. The Kier molecular flexibility index (Phi) is 7.00. The van der Waals surface area contributed by atoms with Crippen LogP contribution in [0.3, 0.4) is 0 Å². The van der Waals surface area contributed by atoms with Gasteiger partial charge in [-0.1, -0.05) is 48.5 Å². The number of benzene rings is 3. The van der Waals surface area contributed by atoms with Gasteiger partial charge >= 0.3 is 0 Å². The lowest BCUT2D eigenvalue weighted by Gasteiger charge is -2.12.